The second-order valence-corrected chi connectivity index (χ2v) is 4.05. The van der Waals surface area contributed by atoms with Crippen molar-refractivity contribution in [2.75, 3.05) is 6.61 Å². The van der Waals surface area contributed by atoms with Gasteiger partial charge in [0, 0.05) is 6.07 Å². The molecule has 2 nitrogen and oxygen atoms in total. The van der Waals surface area contributed by atoms with Crippen molar-refractivity contribution in [3.63, 3.8) is 0 Å². The lowest BCUT2D eigenvalue weighted by molar-refractivity contribution is 0.289. The largest absolute Gasteiger partial charge is 0.492 e. The molecule has 0 saturated heterocycles. The first-order valence-electron chi connectivity index (χ1n) is 5.65. The van der Waals surface area contributed by atoms with E-state index in [-0.39, 0.29) is 6.61 Å². The summed E-state index contributed by atoms with van der Waals surface area (Å²) in [7, 11) is 0. The van der Waals surface area contributed by atoms with Gasteiger partial charge in [0.25, 0.3) is 0 Å². The molecule has 0 amide bonds. The molecule has 0 fully saturated rings. The van der Waals surface area contributed by atoms with E-state index in [2.05, 4.69) is 0 Å². The summed E-state index contributed by atoms with van der Waals surface area (Å²) in [5, 5.41) is 0. The van der Waals surface area contributed by atoms with Crippen LogP contribution >= 0.6 is 0 Å². The van der Waals surface area contributed by atoms with E-state index in [1.807, 2.05) is 0 Å². The smallest absolute Gasteiger partial charge is 0.159 e. The highest BCUT2D eigenvalue weighted by atomic mass is 19.2. The van der Waals surface area contributed by atoms with Gasteiger partial charge in [-0.3, -0.25) is 0 Å². The van der Waals surface area contributed by atoms with E-state index < -0.39 is 23.5 Å². The van der Waals surface area contributed by atoms with Gasteiger partial charge >= 0.3 is 0 Å². The molecule has 0 aliphatic carbocycles. The van der Waals surface area contributed by atoms with Crippen LogP contribution in [0.1, 0.15) is 11.6 Å². The molecule has 0 aliphatic rings. The molecule has 0 spiro atoms. The molecule has 2 aromatic carbocycles. The molecule has 100 valence electrons. The molecule has 0 aromatic heterocycles. The van der Waals surface area contributed by atoms with Gasteiger partial charge in [0.05, 0.1) is 6.04 Å². The van der Waals surface area contributed by atoms with Crippen LogP contribution in [0.25, 0.3) is 0 Å². The number of ether oxygens (including phenoxy) is 1. The van der Waals surface area contributed by atoms with Crippen molar-refractivity contribution in [1.82, 2.24) is 0 Å². The monoisotopic (exact) mass is 267 g/mol. The van der Waals surface area contributed by atoms with Gasteiger partial charge in [-0.2, -0.15) is 0 Å². The van der Waals surface area contributed by atoms with E-state index in [0.717, 1.165) is 12.1 Å². The van der Waals surface area contributed by atoms with Crippen LogP contribution < -0.4 is 10.5 Å². The van der Waals surface area contributed by atoms with Crippen LogP contribution in [-0.2, 0) is 0 Å². The minimum atomic E-state index is -0.960. The maximum absolute atomic E-state index is 13.0. The average molecular weight is 267 g/mol. The fourth-order valence-electron chi connectivity index (χ4n) is 1.58. The first kappa shape index (κ1) is 13.4. The lowest BCUT2D eigenvalue weighted by atomic mass is 10.1. The molecule has 0 bridgehead atoms. The zero-order chi connectivity index (χ0) is 13.8. The Bertz CT molecular complexity index is 574. The molecule has 0 saturated carbocycles. The highest BCUT2D eigenvalue weighted by Crippen LogP contribution is 2.17. The van der Waals surface area contributed by atoms with Gasteiger partial charge in [-0.1, -0.05) is 12.1 Å². The fourth-order valence-corrected chi connectivity index (χ4v) is 1.58. The normalized spacial score (nSPS) is 12.2. The molecule has 19 heavy (non-hydrogen) atoms. The second-order valence-electron chi connectivity index (χ2n) is 4.05. The molecule has 2 aromatic rings. The van der Waals surface area contributed by atoms with Gasteiger partial charge in [-0.25, -0.2) is 13.2 Å². The van der Waals surface area contributed by atoms with E-state index in [1.54, 1.807) is 6.07 Å². The lowest BCUT2D eigenvalue weighted by Crippen LogP contribution is -2.19. The zero-order valence-electron chi connectivity index (χ0n) is 9.95. The second kappa shape index (κ2) is 5.75. The Morgan fingerprint density at radius 2 is 1.79 bits per heavy atom. The van der Waals surface area contributed by atoms with Crippen LogP contribution in [-0.4, -0.2) is 6.61 Å². The predicted molar refractivity (Wildman–Crippen MR) is 65.2 cm³/mol. The highest BCUT2D eigenvalue weighted by Gasteiger charge is 2.10. The van der Waals surface area contributed by atoms with Gasteiger partial charge in [-0.15, -0.1) is 0 Å². The number of nitrogens with two attached hydrogens (primary N) is 1. The average Bonchev–Trinajstić information content (AvgIpc) is 2.39. The molecule has 0 heterocycles. The summed E-state index contributed by atoms with van der Waals surface area (Å²) < 4.78 is 44.0. The Morgan fingerprint density at radius 3 is 2.47 bits per heavy atom. The van der Waals surface area contributed by atoms with E-state index in [1.165, 1.54) is 24.3 Å². The van der Waals surface area contributed by atoms with Crippen LogP contribution in [0, 0.1) is 17.5 Å². The molecule has 2 N–H and O–H groups in total. The molecule has 1 atom stereocenters. The first-order valence-corrected chi connectivity index (χ1v) is 5.65. The zero-order valence-corrected chi connectivity index (χ0v) is 9.95. The number of hydrogen-bond acceptors (Lipinski definition) is 2. The summed E-state index contributed by atoms with van der Waals surface area (Å²) in [5.41, 5.74) is 6.20. The van der Waals surface area contributed by atoms with Gasteiger partial charge in [-0.05, 0) is 29.8 Å². The number of benzene rings is 2. The van der Waals surface area contributed by atoms with Crippen molar-refractivity contribution in [3.05, 3.63) is 65.5 Å². The Kier molecular flexibility index (Phi) is 4.06. The van der Waals surface area contributed by atoms with E-state index in [4.69, 9.17) is 10.5 Å². The summed E-state index contributed by atoms with van der Waals surface area (Å²) in [6, 6.07) is 8.40. The lowest BCUT2D eigenvalue weighted by Gasteiger charge is -2.13. The van der Waals surface area contributed by atoms with E-state index in [9.17, 15) is 13.2 Å². The Morgan fingerprint density at radius 1 is 1.00 bits per heavy atom. The minimum Gasteiger partial charge on any atom is -0.492 e. The Balaban J connectivity index is 2.01. The number of halogens is 3. The summed E-state index contributed by atoms with van der Waals surface area (Å²) in [6.45, 7) is 0.0362. The number of hydrogen-bond donors (Lipinski definition) is 1. The van der Waals surface area contributed by atoms with Crippen molar-refractivity contribution < 1.29 is 17.9 Å². The van der Waals surface area contributed by atoms with E-state index >= 15 is 0 Å². The van der Waals surface area contributed by atoms with Crippen molar-refractivity contribution in [2.45, 2.75) is 6.04 Å². The Hall–Kier alpha value is -2.01. The van der Waals surface area contributed by atoms with Crippen LogP contribution in [0.5, 0.6) is 5.75 Å². The van der Waals surface area contributed by atoms with Crippen molar-refractivity contribution in [2.24, 2.45) is 5.73 Å². The summed E-state index contributed by atoms with van der Waals surface area (Å²) in [4.78, 5) is 0. The standard InChI is InChI=1S/C14H12F3NO/c15-10-2-1-3-11(7-10)19-8-14(18)9-4-5-12(16)13(17)6-9/h1-7,14H,8,18H2. The molecular formula is C14H12F3NO. The highest BCUT2D eigenvalue weighted by molar-refractivity contribution is 5.24. The van der Waals surface area contributed by atoms with Gasteiger partial charge in [0.2, 0.25) is 0 Å². The number of rotatable bonds is 4. The van der Waals surface area contributed by atoms with Gasteiger partial charge in [0.15, 0.2) is 11.6 Å². The summed E-state index contributed by atoms with van der Waals surface area (Å²) >= 11 is 0. The summed E-state index contributed by atoms with van der Waals surface area (Å²) in [6.07, 6.45) is 0. The third-order valence-electron chi connectivity index (χ3n) is 2.60. The first-order chi connectivity index (χ1) is 9.06. The minimum absolute atomic E-state index is 0.0362. The van der Waals surface area contributed by atoms with Crippen LogP contribution in [0.2, 0.25) is 0 Å². The molecule has 1 unspecified atom stereocenters. The van der Waals surface area contributed by atoms with Crippen molar-refractivity contribution in [3.8, 4) is 5.75 Å². The maximum Gasteiger partial charge on any atom is 0.159 e. The van der Waals surface area contributed by atoms with Crippen LogP contribution in [0.15, 0.2) is 42.5 Å². The molecule has 0 radical (unpaired) electrons. The fraction of sp³-hybridized carbons (Fsp3) is 0.143. The SMILES string of the molecule is NC(COc1cccc(F)c1)c1ccc(F)c(F)c1. The molecular weight excluding hydrogens is 255 g/mol. The van der Waals surface area contributed by atoms with Crippen molar-refractivity contribution >= 4 is 0 Å². The third-order valence-corrected chi connectivity index (χ3v) is 2.60. The predicted octanol–water partition coefficient (Wildman–Crippen LogP) is 3.18. The molecule has 5 heteroatoms. The van der Waals surface area contributed by atoms with Gasteiger partial charge in [0.1, 0.15) is 18.2 Å². The Labute approximate surface area is 108 Å². The van der Waals surface area contributed by atoms with Gasteiger partial charge < -0.3 is 10.5 Å². The van der Waals surface area contributed by atoms with Crippen LogP contribution in [0.4, 0.5) is 13.2 Å². The van der Waals surface area contributed by atoms with E-state index in [0.29, 0.717) is 11.3 Å². The molecule has 0 aliphatic heterocycles. The van der Waals surface area contributed by atoms with Crippen LogP contribution in [0.3, 0.4) is 0 Å². The quantitative estimate of drug-likeness (QED) is 0.923. The van der Waals surface area contributed by atoms with Crippen molar-refractivity contribution in [1.29, 1.82) is 0 Å². The summed E-state index contributed by atoms with van der Waals surface area (Å²) in [5.74, 6) is -1.97. The third kappa shape index (κ3) is 3.48. The molecule has 2 rings (SSSR count). The maximum atomic E-state index is 13.0. The topological polar surface area (TPSA) is 35.2 Å².